The van der Waals surface area contributed by atoms with Crippen molar-refractivity contribution in [3.05, 3.63) is 47.3 Å². The van der Waals surface area contributed by atoms with Crippen LogP contribution in [0.15, 0.2) is 30.3 Å². The number of hydrogen-bond acceptors (Lipinski definition) is 3. The van der Waals surface area contributed by atoms with Gasteiger partial charge < -0.3 is 10.5 Å². The first kappa shape index (κ1) is 13.5. The number of anilines is 1. The number of hydrogen-bond donors (Lipinski definition) is 1. The summed E-state index contributed by atoms with van der Waals surface area (Å²) < 4.78 is 7.42. The molecule has 2 aromatic heterocycles. The van der Waals surface area contributed by atoms with E-state index in [2.05, 4.69) is 24.3 Å². The quantitative estimate of drug-likeness (QED) is 0.782. The topological polar surface area (TPSA) is 52.5 Å². The number of methoxy groups -OCH3 is 1. The molecule has 21 heavy (non-hydrogen) atoms. The molecule has 3 aromatic rings. The van der Waals surface area contributed by atoms with Gasteiger partial charge in [-0.25, -0.2) is 4.98 Å². The Kier molecular flexibility index (Phi) is 3.09. The third kappa shape index (κ3) is 2.03. The number of nitrogens with two attached hydrogens (primary N) is 1. The zero-order chi connectivity index (χ0) is 15.1. The van der Waals surface area contributed by atoms with Crippen LogP contribution >= 0.6 is 0 Å². The number of nitrogen functional groups attached to an aromatic ring is 1. The Hall–Kier alpha value is -2.49. The van der Waals surface area contributed by atoms with Gasteiger partial charge in [0.05, 0.1) is 18.5 Å². The summed E-state index contributed by atoms with van der Waals surface area (Å²) in [4.78, 5) is 4.74. The van der Waals surface area contributed by atoms with Crippen molar-refractivity contribution in [2.45, 2.75) is 20.8 Å². The van der Waals surface area contributed by atoms with Crippen LogP contribution in [0.3, 0.4) is 0 Å². The Morgan fingerprint density at radius 3 is 2.48 bits per heavy atom. The Morgan fingerprint density at radius 1 is 1.10 bits per heavy atom. The highest BCUT2D eigenvalue weighted by atomic mass is 16.5. The highest BCUT2D eigenvalue weighted by molar-refractivity contribution is 5.74. The monoisotopic (exact) mass is 281 g/mol. The summed E-state index contributed by atoms with van der Waals surface area (Å²) in [6, 6.07) is 10.0. The van der Waals surface area contributed by atoms with Crippen LogP contribution in [-0.2, 0) is 0 Å². The molecular formula is C17H19N3O. The number of ether oxygens (including phenoxy) is 1. The van der Waals surface area contributed by atoms with Crippen LogP contribution in [0.5, 0.6) is 5.75 Å². The summed E-state index contributed by atoms with van der Waals surface area (Å²) in [6.45, 7) is 6.17. The molecule has 0 radical (unpaired) electrons. The highest BCUT2D eigenvalue weighted by Crippen LogP contribution is 2.30. The number of imidazole rings is 1. The Bertz CT molecular complexity index is 834. The second-order valence-electron chi connectivity index (χ2n) is 5.32. The van der Waals surface area contributed by atoms with Crippen LogP contribution in [0.2, 0.25) is 0 Å². The summed E-state index contributed by atoms with van der Waals surface area (Å²) in [5, 5.41) is 0. The summed E-state index contributed by atoms with van der Waals surface area (Å²) in [6.07, 6.45) is 0. The van der Waals surface area contributed by atoms with E-state index in [9.17, 15) is 0 Å². The second-order valence-corrected chi connectivity index (χ2v) is 5.32. The maximum atomic E-state index is 6.06. The van der Waals surface area contributed by atoms with Gasteiger partial charge in [-0.2, -0.15) is 0 Å². The molecule has 4 heteroatoms. The summed E-state index contributed by atoms with van der Waals surface area (Å²) >= 11 is 0. The minimum Gasteiger partial charge on any atom is -0.496 e. The number of rotatable bonds is 2. The fraction of sp³-hybridized carbons (Fsp3) is 0.235. The van der Waals surface area contributed by atoms with E-state index in [0.29, 0.717) is 5.69 Å². The first-order chi connectivity index (χ1) is 10.0. The van der Waals surface area contributed by atoms with Gasteiger partial charge in [-0.3, -0.25) is 4.40 Å². The Labute approximate surface area is 124 Å². The average molecular weight is 281 g/mol. The van der Waals surface area contributed by atoms with Gasteiger partial charge in [0.25, 0.3) is 0 Å². The number of benzene rings is 1. The molecule has 108 valence electrons. The molecule has 0 saturated carbocycles. The summed E-state index contributed by atoms with van der Waals surface area (Å²) in [7, 11) is 1.68. The van der Waals surface area contributed by atoms with Gasteiger partial charge in [-0.1, -0.05) is 0 Å². The largest absolute Gasteiger partial charge is 0.496 e. The van der Waals surface area contributed by atoms with E-state index in [4.69, 9.17) is 15.5 Å². The van der Waals surface area contributed by atoms with Gasteiger partial charge in [-0.15, -0.1) is 0 Å². The molecule has 1 aromatic carbocycles. The molecule has 0 fully saturated rings. The van der Waals surface area contributed by atoms with Gasteiger partial charge in [-0.05, 0) is 56.7 Å². The average Bonchev–Trinajstić information content (AvgIpc) is 2.82. The van der Waals surface area contributed by atoms with Crippen molar-refractivity contribution in [3.63, 3.8) is 0 Å². The van der Waals surface area contributed by atoms with Crippen molar-refractivity contribution in [1.29, 1.82) is 0 Å². The predicted octanol–water partition coefficient (Wildman–Crippen LogP) is 3.52. The van der Waals surface area contributed by atoms with Crippen LogP contribution < -0.4 is 10.5 Å². The van der Waals surface area contributed by atoms with Crippen molar-refractivity contribution in [2.75, 3.05) is 12.8 Å². The van der Waals surface area contributed by atoms with Crippen LogP contribution in [0, 0.1) is 20.8 Å². The zero-order valence-electron chi connectivity index (χ0n) is 12.8. The van der Waals surface area contributed by atoms with Gasteiger partial charge in [0.2, 0.25) is 0 Å². The normalized spacial score (nSPS) is 11.0. The van der Waals surface area contributed by atoms with Gasteiger partial charge >= 0.3 is 0 Å². The lowest BCUT2D eigenvalue weighted by Crippen LogP contribution is -1.97. The first-order valence-electron chi connectivity index (χ1n) is 6.92. The van der Waals surface area contributed by atoms with E-state index in [1.54, 1.807) is 7.11 Å². The van der Waals surface area contributed by atoms with E-state index in [1.807, 2.05) is 31.2 Å². The molecule has 0 aliphatic heterocycles. The lowest BCUT2D eigenvalue weighted by Gasteiger charge is -2.07. The molecular weight excluding hydrogens is 262 g/mol. The van der Waals surface area contributed by atoms with Gasteiger partial charge in [0.1, 0.15) is 5.75 Å². The highest BCUT2D eigenvalue weighted by Gasteiger charge is 2.14. The minimum absolute atomic E-state index is 0.695. The molecule has 0 saturated heterocycles. The van der Waals surface area contributed by atoms with E-state index in [-0.39, 0.29) is 0 Å². The van der Waals surface area contributed by atoms with Crippen molar-refractivity contribution >= 4 is 11.3 Å². The van der Waals surface area contributed by atoms with Gasteiger partial charge in [0.15, 0.2) is 5.65 Å². The number of pyridine rings is 1. The van der Waals surface area contributed by atoms with E-state index >= 15 is 0 Å². The first-order valence-corrected chi connectivity index (χ1v) is 6.92. The Balaban J connectivity index is 2.26. The summed E-state index contributed by atoms with van der Waals surface area (Å²) in [5.74, 6) is 0.885. The third-order valence-corrected chi connectivity index (χ3v) is 3.89. The van der Waals surface area contributed by atoms with Crippen LogP contribution in [0.1, 0.15) is 17.0 Å². The molecule has 0 spiro atoms. The number of aryl methyl sites for hydroxylation is 3. The molecule has 0 atom stereocenters. The maximum absolute atomic E-state index is 6.06. The lowest BCUT2D eigenvalue weighted by molar-refractivity contribution is 0.412. The lowest BCUT2D eigenvalue weighted by atomic mass is 10.1. The molecule has 2 heterocycles. The second kappa shape index (κ2) is 4.81. The summed E-state index contributed by atoms with van der Waals surface area (Å²) in [5.41, 5.74) is 12.9. The van der Waals surface area contributed by atoms with Gasteiger partial charge in [0, 0.05) is 17.0 Å². The molecule has 3 rings (SSSR count). The molecule has 0 bridgehead atoms. The van der Waals surface area contributed by atoms with E-state index in [1.165, 1.54) is 0 Å². The van der Waals surface area contributed by atoms with Crippen molar-refractivity contribution in [1.82, 2.24) is 9.38 Å². The number of fused-ring (bicyclic) bond motifs is 1. The molecule has 0 unspecified atom stereocenters. The standard InChI is InChI=1S/C17H19N3O/c1-10-9-13(6-8-15(10)21-4)16-12(3)20-11(2)5-7-14(18)17(20)19-16/h5-9H,18H2,1-4H3. The number of nitrogens with zero attached hydrogens (tertiary/aromatic N) is 2. The molecule has 2 N–H and O–H groups in total. The fourth-order valence-electron chi connectivity index (χ4n) is 2.79. The fourth-order valence-corrected chi connectivity index (χ4v) is 2.79. The zero-order valence-corrected chi connectivity index (χ0v) is 12.8. The minimum atomic E-state index is 0.695. The van der Waals surface area contributed by atoms with Crippen LogP contribution in [-0.4, -0.2) is 16.5 Å². The van der Waals surface area contributed by atoms with Crippen LogP contribution in [0.4, 0.5) is 5.69 Å². The van der Waals surface area contributed by atoms with Crippen molar-refractivity contribution in [2.24, 2.45) is 0 Å². The SMILES string of the molecule is COc1ccc(-c2nc3c(N)ccc(C)n3c2C)cc1C. The molecule has 4 nitrogen and oxygen atoms in total. The predicted molar refractivity (Wildman–Crippen MR) is 85.8 cm³/mol. The molecule has 0 aliphatic rings. The smallest absolute Gasteiger partial charge is 0.161 e. The third-order valence-electron chi connectivity index (χ3n) is 3.89. The van der Waals surface area contributed by atoms with Crippen molar-refractivity contribution in [3.8, 4) is 17.0 Å². The molecule has 0 amide bonds. The van der Waals surface area contributed by atoms with E-state index in [0.717, 1.165) is 39.6 Å². The Morgan fingerprint density at radius 2 is 1.86 bits per heavy atom. The maximum Gasteiger partial charge on any atom is 0.161 e. The van der Waals surface area contributed by atoms with Crippen LogP contribution in [0.25, 0.3) is 16.9 Å². The number of aromatic nitrogens is 2. The molecule has 0 aliphatic carbocycles. The van der Waals surface area contributed by atoms with Crippen molar-refractivity contribution < 1.29 is 4.74 Å². The van der Waals surface area contributed by atoms with E-state index < -0.39 is 0 Å².